The number of allylic oxidation sites excluding steroid dienone is 2. The van der Waals surface area contributed by atoms with Gasteiger partial charge in [0.2, 0.25) is 0 Å². The molecule has 1 aromatic rings. The zero-order valence-electron chi connectivity index (χ0n) is 11.2. The molecule has 0 radical (unpaired) electrons. The fraction of sp³-hybridized carbons (Fsp3) is 0.500. The summed E-state index contributed by atoms with van der Waals surface area (Å²) in [4.78, 5) is 2.39. The van der Waals surface area contributed by atoms with Crippen LogP contribution in [0.5, 0.6) is 0 Å². The van der Waals surface area contributed by atoms with E-state index >= 15 is 0 Å². The highest BCUT2D eigenvalue weighted by atomic mass is 15.1. The Morgan fingerprint density at radius 2 is 1.76 bits per heavy atom. The molecule has 0 unspecified atom stereocenters. The monoisotopic (exact) mass is 231 g/mol. The lowest BCUT2D eigenvalue weighted by Crippen LogP contribution is -2.18. The first-order valence-corrected chi connectivity index (χ1v) is 6.70. The minimum absolute atomic E-state index is 1.06. The van der Waals surface area contributed by atoms with Crippen LogP contribution in [-0.4, -0.2) is 18.5 Å². The van der Waals surface area contributed by atoms with E-state index in [1.807, 2.05) is 0 Å². The minimum atomic E-state index is 1.06. The summed E-state index contributed by atoms with van der Waals surface area (Å²) in [7, 11) is 2.20. The van der Waals surface area contributed by atoms with Crippen LogP contribution in [0, 0.1) is 0 Å². The number of nitrogens with zero attached hydrogens (tertiary/aromatic N) is 1. The van der Waals surface area contributed by atoms with Crippen molar-refractivity contribution >= 4 is 0 Å². The van der Waals surface area contributed by atoms with Gasteiger partial charge in [0.05, 0.1) is 0 Å². The van der Waals surface area contributed by atoms with E-state index in [-0.39, 0.29) is 0 Å². The summed E-state index contributed by atoms with van der Waals surface area (Å²) in [6.07, 6.45) is 9.56. The van der Waals surface area contributed by atoms with Gasteiger partial charge in [-0.2, -0.15) is 0 Å². The Morgan fingerprint density at radius 3 is 2.47 bits per heavy atom. The van der Waals surface area contributed by atoms with E-state index in [4.69, 9.17) is 0 Å². The van der Waals surface area contributed by atoms with Gasteiger partial charge >= 0.3 is 0 Å². The van der Waals surface area contributed by atoms with Gasteiger partial charge in [-0.3, -0.25) is 0 Å². The van der Waals surface area contributed by atoms with Crippen LogP contribution in [0.15, 0.2) is 42.5 Å². The SMILES string of the molecule is CCC/C=C\CCCN(C)Cc1ccccc1. The summed E-state index contributed by atoms with van der Waals surface area (Å²) in [6, 6.07) is 10.7. The summed E-state index contributed by atoms with van der Waals surface area (Å²) in [5, 5.41) is 0. The molecule has 0 bridgehead atoms. The summed E-state index contributed by atoms with van der Waals surface area (Å²) in [6.45, 7) is 4.45. The van der Waals surface area contributed by atoms with Crippen LogP contribution in [0.3, 0.4) is 0 Å². The van der Waals surface area contributed by atoms with Crippen LogP contribution in [0.1, 0.15) is 38.2 Å². The van der Waals surface area contributed by atoms with Crippen LogP contribution in [-0.2, 0) is 6.54 Å². The van der Waals surface area contributed by atoms with Crippen LogP contribution in [0.25, 0.3) is 0 Å². The van der Waals surface area contributed by atoms with E-state index in [1.54, 1.807) is 0 Å². The molecule has 1 rings (SSSR count). The van der Waals surface area contributed by atoms with Crippen LogP contribution < -0.4 is 0 Å². The standard InChI is InChI=1S/C16H25N/c1-3-4-5-6-7-11-14-17(2)15-16-12-9-8-10-13-16/h5-6,8-10,12-13H,3-4,7,11,14-15H2,1-2H3/b6-5-. The number of unbranched alkanes of at least 4 members (excludes halogenated alkanes) is 2. The molecule has 0 saturated carbocycles. The van der Waals surface area contributed by atoms with Gasteiger partial charge in [-0.1, -0.05) is 55.8 Å². The van der Waals surface area contributed by atoms with Crippen molar-refractivity contribution in [1.29, 1.82) is 0 Å². The van der Waals surface area contributed by atoms with Crippen molar-refractivity contribution in [1.82, 2.24) is 4.90 Å². The lowest BCUT2D eigenvalue weighted by molar-refractivity contribution is 0.323. The zero-order chi connectivity index (χ0) is 12.3. The van der Waals surface area contributed by atoms with Crippen molar-refractivity contribution in [3.63, 3.8) is 0 Å². The second-order valence-electron chi connectivity index (χ2n) is 4.63. The third-order valence-corrected chi connectivity index (χ3v) is 2.83. The maximum atomic E-state index is 2.39. The quantitative estimate of drug-likeness (QED) is 0.477. The topological polar surface area (TPSA) is 3.24 Å². The highest BCUT2D eigenvalue weighted by molar-refractivity contribution is 5.14. The number of hydrogen-bond acceptors (Lipinski definition) is 1. The Kier molecular flexibility index (Phi) is 7.40. The van der Waals surface area contributed by atoms with Gasteiger partial charge in [-0.05, 0) is 38.4 Å². The third-order valence-electron chi connectivity index (χ3n) is 2.83. The average Bonchev–Trinajstić information content (AvgIpc) is 2.35. The molecule has 0 fully saturated rings. The van der Waals surface area contributed by atoms with Crippen molar-refractivity contribution in [2.45, 2.75) is 39.2 Å². The molecule has 17 heavy (non-hydrogen) atoms. The second-order valence-corrected chi connectivity index (χ2v) is 4.63. The smallest absolute Gasteiger partial charge is 0.0230 e. The van der Waals surface area contributed by atoms with E-state index in [2.05, 4.69) is 61.4 Å². The molecule has 0 spiro atoms. The van der Waals surface area contributed by atoms with Crippen LogP contribution in [0.2, 0.25) is 0 Å². The molecule has 94 valence electrons. The van der Waals surface area contributed by atoms with Gasteiger partial charge in [0.15, 0.2) is 0 Å². The summed E-state index contributed by atoms with van der Waals surface area (Å²) < 4.78 is 0. The fourth-order valence-corrected chi connectivity index (χ4v) is 1.86. The van der Waals surface area contributed by atoms with E-state index in [0.717, 1.165) is 6.54 Å². The second kappa shape index (κ2) is 9.00. The molecule has 0 amide bonds. The maximum Gasteiger partial charge on any atom is 0.0230 e. The molecule has 0 aliphatic carbocycles. The lowest BCUT2D eigenvalue weighted by Gasteiger charge is -2.15. The molecule has 1 nitrogen and oxygen atoms in total. The Labute approximate surface area is 106 Å². The van der Waals surface area contributed by atoms with Gasteiger partial charge in [-0.25, -0.2) is 0 Å². The van der Waals surface area contributed by atoms with Crippen molar-refractivity contribution in [3.8, 4) is 0 Å². The molecule has 0 heterocycles. The third kappa shape index (κ3) is 6.96. The van der Waals surface area contributed by atoms with Gasteiger partial charge in [-0.15, -0.1) is 0 Å². The molecule has 0 aliphatic rings. The first-order valence-electron chi connectivity index (χ1n) is 6.70. The molecule has 0 aromatic heterocycles. The van der Waals surface area contributed by atoms with Gasteiger partial charge < -0.3 is 4.90 Å². The highest BCUT2D eigenvalue weighted by Crippen LogP contribution is 2.04. The van der Waals surface area contributed by atoms with Gasteiger partial charge in [0, 0.05) is 6.54 Å². The number of rotatable bonds is 8. The molecule has 0 saturated heterocycles. The highest BCUT2D eigenvalue weighted by Gasteiger charge is 1.98. The van der Waals surface area contributed by atoms with Gasteiger partial charge in [0.25, 0.3) is 0 Å². The Hall–Kier alpha value is -1.08. The average molecular weight is 231 g/mol. The number of hydrogen-bond donors (Lipinski definition) is 0. The minimum Gasteiger partial charge on any atom is -0.302 e. The maximum absolute atomic E-state index is 2.39. The van der Waals surface area contributed by atoms with Crippen molar-refractivity contribution in [2.24, 2.45) is 0 Å². The predicted molar refractivity (Wildman–Crippen MR) is 76.1 cm³/mol. The largest absolute Gasteiger partial charge is 0.302 e. The molecule has 1 aromatic carbocycles. The van der Waals surface area contributed by atoms with Crippen molar-refractivity contribution in [2.75, 3.05) is 13.6 Å². The molecule has 0 atom stereocenters. The van der Waals surface area contributed by atoms with Crippen LogP contribution >= 0.6 is 0 Å². The molecule has 0 aliphatic heterocycles. The van der Waals surface area contributed by atoms with Gasteiger partial charge in [0.1, 0.15) is 0 Å². The van der Waals surface area contributed by atoms with E-state index in [1.165, 1.54) is 37.8 Å². The number of benzene rings is 1. The summed E-state index contributed by atoms with van der Waals surface area (Å²) in [5.74, 6) is 0. The van der Waals surface area contributed by atoms with E-state index in [0.29, 0.717) is 0 Å². The normalized spacial score (nSPS) is 11.5. The zero-order valence-corrected chi connectivity index (χ0v) is 11.2. The van der Waals surface area contributed by atoms with Crippen molar-refractivity contribution < 1.29 is 0 Å². The van der Waals surface area contributed by atoms with E-state index < -0.39 is 0 Å². The Morgan fingerprint density at radius 1 is 1.06 bits per heavy atom. The van der Waals surface area contributed by atoms with E-state index in [9.17, 15) is 0 Å². The molecule has 0 N–H and O–H groups in total. The molecule has 1 heteroatoms. The predicted octanol–water partition coefficient (Wildman–Crippen LogP) is 4.25. The molecular weight excluding hydrogens is 206 g/mol. The Bertz CT molecular complexity index is 303. The summed E-state index contributed by atoms with van der Waals surface area (Å²) >= 11 is 0. The lowest BCUT2D eigenvalue weighted by atomic mass is 10.2. The first-order chi connectivity index (χ1) is 8.33. The molecular formula is C16H25N. The van der Waals surface area contributed by atoms with Crippen LogP contribution in [0.4, 0.5) is 0 Å². The van der Waals surface area contributed by atoms with Crippen molar-refractivity contribution in [3.05, 3.63) is 48.0 Å². The Balaban J connectivity index is 2.11. The summed E-state index contributed by atoms with van der Waals surface area (Å²) in [5.41, 5.74) is 1.40. The fourth-order valence-electron chi connectivity index (χ4n) is 1.86. The first kappa shape index (κ1) is 14.0.